The molecule has 0 saturated heterocycles. The highest BCUT2D eigenvalue weighted by Crippen LogP contribution is 2.21. The second kappa shape index (κ2) is 8.45. The fourth-order valence-electron chi connectivity index (χ4n) is 2.07. The summed E-state index contributed by atoms with van der Waals surface area (Å²) in [5, 5.41) is 12.1. The monoisotopic (exact) mass is 318 g/mol. The van der Waals surface area contributed by atoms with E-state index in [1.807, 2.05) is 31.2 Å². The van der Waals surface area contributed by atoms with Crippen LogP contribution in [0.4, 0.5) is 0 Å². The Bertz CT molecular complexity index is 622. The van der Waals surface area contributed by atoms with E-state index in [0.29, 0.717) is 18.1 Å². The summed E-state index contributed by atoms with van der Waals surface area (Å²) in [5.74, 6) is 1.05. The molecule has 6 heteroatoms. The lowest BCUT2D eigenvalue weighted by Crippen LogP contribution is -2.34. The first-order valence-electron chi connectivity index (χ1n) is 7.54. The lowest BCUT2D eigenvalue weighted by atomic mass is 10.1. The molecular weight excluding hydrogens is 296 g/mol. The van der Waals surface area contributed by atoms with E-state index >= 15 is 0 Å². The zero-order chi connectivity index (χ0) is 16.7. The van der Waals surface area contributed by atoms with Gasteiger partial charge in [0, 0.05) is 32.1 Å². The predicted molar refractivity (Wildman–Crippen MR) is 85.9 cm³/mol. The maximum Gasteiger partial charge on any atom is 0.220 e. The average Bonchev–Trinajstić information content (AvgIpc) is 3.01. The third kappa shape index (κ3) is 5.50. The zero-order valence-corrected chi connectivity index (χ0v) is 13.4. The molecule has 2 rings (SSSR count). The number of carbonyl (C=O) groups is 1. The summed E-state index contributed by atoms with van der Waals surface area (Å²) in [6, 6.07) is 7.97. The lowest BCUT2D eigenvalue weighted by Gasteiger charge is -2.10. The van der Waals surface area contributed by atoms with Crippen LogP contribution < -0.4 is 5.32 Å². The molecule has 0 saturated carbocycles. The molecule has 1 unspecified atom stereocenters. The van der Waals surface area contributed by atoms with Gasteiger partial charge in [0.2, 0.25) is 5.91 Å². The van der Waals surface area contributed by atoms with Gasteiger partial charge < -0.3 is 19.6 Å². The van der Waals surface area contributed by atoms with E-state index in [1.165, 1.54) is 12.7 Å². The molecule has 6 nitrogen and oxygen atoms in total. The normalized spacial score (nSPS) is 12.1. The van der Waals surface area contributed by atoms with E-state index in [-0.39, 0.29) is 25.5 Å². The van der Waals surface area contributed by atoms with Crippen LogP contribution in [-0.2, 0) is 16.0 Å². The van der Waals surface area contributed by atoms with Crippen molar-refractivity contribution < 1.29 is 19.1 Å². The summed E-state index contributed by atoms with van der Waals surface area (Å²) < 4.78 is 10.5. The Morgan fingerprint density at radius 2 is 2.13 bits per heavy atom. The largest absolute Gasteiger partial charge is 0.441 e. The van der Waals surface area contributed by atoms with Gasteiger partial charge in [0.1, 0.15) is 0 Å². The molecule has 0 fully saturated rings. The van der Waals surface area contributed by atoms with Crippen molar-refractivity contribution in [3.8, 4) is 11.3 Å². The third-order valence-electron chi connectivity index (χ3n) is 3.35. The van der Waals surface area contributed by atoms with E-state index in [9.17, 15) is 9.90 Å². The molecule has 2 N–H and O–H groups in total. The number of hydrogen-bond acceptors (Lipinski definition) is 5. The first-order chi connectivity index (χ1) is 11.1. The van der Waals surface area contributed by atoms with Crippen LogP contribution in [-0.4, -0.2) is 42.4 Å². The minimum atomic E-state index is -0.696. The van der Waals surface area contributed by atoms with Crippen molar-refractivity contribution in [2.24, 2.45) is 0 Å². The molecule has 1 amide bonds. The number of benzene rings is 1. The number of aliphatic hydroxyl groups excluding tert-OH is 1. The van der Waals surface area contributed by atoms with Crippen LogP contribution in [0.25, 0.3) is 11.3 Å². The Morgan fingerprint density at radius 3 is 2.83 bits per heavy atom. The van der Waals surface area contributed by atoms with Crippen molar-refractivity contribution >= 4 is 5.91 Å². The molecule has 0 radical (unpaired) electrons. The molecule has 124 valence electrons. The number of amides is 1. The number of carbonyl (C=O) groups excluding carboxylic acids is 1. The topological polar surface area (TPSA) is 84.6 Å². The van der Waals surface area contributed by atoms with Gasteiger partial charge in [-0.3, -0.25) is 4.79 Å². The minimum absolute atomic E-state index is 0.157. The number of ether oxygens (including phenoxy) is 1. The molecule has 1 atom stereocenters. The van der Waals surface area contributed by atoms with Crippen LogP contribution >= 0.6 is 0 Å². The Labute approximate surface area is 135 Å². The van der Waals surface area contributed by atoms with Crippen molar-refractivity contribution in [1.29, 1.82) is 0 Å². The van der Waals surface area contributed by atoms with Crippen LogP contribution in [0.15, 0.2) is 34.9 Å². The average molecular weight is 318 g/mol. The standard InChI is InChI=1S/C17H22N2O4/c1-12-3-5-13(6-4-12)15-10-19-17(23-15)8-7-16(21)18-9-14(20)11-22-2/h3-6,10,14,20H,7-9,11H2,1-2H3,(H,18,21). The van der Waals surface area contributed by atoms with Crippen molar-refractivity contribution in [1.82, 2.24) is 10.3 Å². The maximum atomic E-state index is 11.7. The van der Waals surface area contributed by atoms with Gasteiger partial charge in [0.05, 0.1) is 18.9 Å². The highest BCUT2D eigenvalue weighted by molar-refractivity contribution is 5.76. The molecule has 1 heterocycles. The van der Waals surface area contributed by atoms with E-state index in [1.54, 1.807) is 6.20 Å². The number of nitrogens with zero attached hydrogens (tertiary/aromatic N) is 1. The fourth-order valence-corrected chi connectivity index (χ4v) is 2.07. The quantitative estimate of drug-likeness (QED) is 0.774. The predicted octanol–water partition coefficient (Wildman–Crippen LogP) is 1.71. The number of nitrogens with one attached hydrogen (secondary N) is 1. The van der Waals surface area contributed by atoms with Crippen LogP contribution in [0.1, 0.15) is 17.9 Å². The molecule has 0 aliphatic rings. The first-order valence-corrected chi connectivity index (χ1v) is 7.54. The number of aromatic nitrogens is 1. The van der Waals surface area contributed by atoms with Gasteiger partial charge in [-0.2, -0.15) is 0 Å². The SMILES string of the molecule is COCC(O)CNC(=O)CCc1ncc(-c2ccc(C)cc2)o1. The highest BCUT2D eigenvalue weighted by Gasteiger charge is 2.10. The molecule has 0 aliphatic carbocycles. The molecule has 23 heavy (non-hydrogen) atoms. The molecule has 2 aromatic rings. The third-order valence-corrected chi connectivity index (χ3v) is 3.35. The van der Waals surface area contributed by atoms with E-state index in [4.69, 9.17) is 9.15 Å². The second-order valence-electron chi connectivity index (χ2n) is 5.40. The molecular formula is C17H22N2O4. The van der Waals surface area contributed by atoms with Gasteiger partial charge in [-0.15, -0.1) is 0 Å². The molecule has 1 aromatic heterocycles. The van der Waals surface area contributed by atoms with E-state index in [0.717, 1.165) is 5.56 Å². The van der Waals surface area contributed by atoms with Crippen molar-refractivity contribution in [3.05, 3.63) is 41.9 Å². The Balaban J connectivity index is 1.80. The van der Waals surface area contributed by atoms with Crippen LogP contribution in [0, 0.1) is 6.92 Å². The van der Waals surface area contributed by atoms with Gasteiger partial charge in [-0.1, -0.05) is 29.8 Å². The number of aryl methyl sites for hydroxylation is 2. The van der Waals surface area contributed by atoms with Crippen molar-refractivity contribution in [3.63, 3.8) is 0 Å². The van der Waals surface area contributed by atoms with E-state index < -0.39 is 6.10 Å². The summed E-state index contributed by atoms with van der Waals surface area (Å²) in [6.45, 7) is 2.39. The molecule has 0 spiro atoms. The maximum absolute atomic E-state index is 11.7. The summed E-state index contributed by atoms with van der Waals surface area (Å²) in [6.07, 6.45) is 1.64. The van der Waals surface area contributed by atoms with Gasteiger partial charge in [0.25, 0.3) is 0 Å². The smallest absolute Gasteiger partial charge is 0.220 e. The van der Waals surface area contributed by atoms with Crippen LogP contribution in [0.2, 0.25) is 0 Å². The van der Waals surface area contributed by atoms with Crippen LogP contribution in [0.5, 0.6) is 0 Å². The summed E-state index contributed by atoms with van der Waals surface area (Å²) in [7, 11) is 1.50. The van der Waals surface area contributed by atoms with Gasteiger partial charge in [0.15, 0.2) is 11.7 Å². The second-order valence-corrected chi connectivity index (χ2v) is 5.40. The number of oxazole rings is 1. The molecule has 1 aromatic carbocycles. The van der Waals surface area contributed by atoms with Gasteiger partial charge in [-0.25, -0.2) is 4.98 Å². The number of hydrogen-bond donors (Lipinski definition) is 2. The zero-order valence-electron chi connectivity index (χ0n) is 13.4. The number of rotatable bonds is 8. The highest BCUT2D eigenvalue weighted by atomic mass is 16.5. The summed E-state index contributed by atoms with van der Waals surface area (Å²) in [5.41, 5.74) is 2.14. The van der Waals surface area contributed by atoms with Gasteiger partial charge in [-0.05, 0) is 6.92 Å². The Morgan fingerprint density at radius 1 is 1.39 bits per heavy atom. The molecule has 0 aliphatic heterocycles. The van der Waals surface area contributed by atoms with Crippen LogP contribution in [0.3, 0.4) is 0 Å². The van der Waals surface area contributed by atoms with Crippen molar-refractivity contribution in [2.75, 3.05) is 20.3 Å². The fraction of sp³-hybridized carbons (Fsp3) is 0.412. The lowest BCUT2D eigenvalue weighted by molar-refractivity contribution is -0.121. The minimum Gasteiger partial charge on any atom is -0.441 e. The summed E-state index contributed by atoms with van der Waals surface area (Å²) in [4.78, 5) is 15.9. The Hall–Kier alpha value is -2.18. The first kappa shape index (κ1) is 17.2. The summed E-state index contributed by atoms with van der Waals surface area (Å²) >= 11 is 0. The molecule has 0 bridgehead atoms. The van der Waals surface area contributed by atoms with Gasteiger partial charge >= 0.3 is 0 Å². The number of aliphatic hydroxyl groups is 1. The van der Waals surface area contributed by atoms with Crippen molar-refractivity contribution in [2.45, 2.75) is 25.9 Å². The Kier molecular flexibility index (Phi) is 6.31. The van der Waals surface area contributed by atoms with E-state index in [2.05, 4.69) is 10.3 Å². The number of methoxy groups -OCH3 is 1.